The molecule has 5 aliphatic rings. The van der Waals surface area contributed by atoms with E-state index in [-0.39, 0.29) is 67.5 Å². The van der Waals surface area contributed by atoms with Gasteiger partial charge in [-0.25, -0.2) is 19.2 Å². The number of carbonyl (C=O) groups excluding carboxylic acids is 2. The van der Waals surface area contributed by atoms with Crippen molar-refractivity contribution in [2.75, 3.05) is 6.61 Å². The standard InChI is InChI=1S/C46H56O8/c1-41(2)34-18-21-46(7)35(44(34,5)20-19-36(41)54-40(52)31-15-11-9-13-29(31)38(49)50)17-16-32-33-26-42(3,22-23-43(33,4)24-25-45(32,46)6)27-53-39(51)30-14-10-8-12-28(30)37(47)48/h8-17,34-36H,18-27H2,1-7H3,(H,47,48)(H,49,50). The zero-order chi connectivity index (χ0) is 39.1. The fourth-order valence-electron chi connectivity index (χ4n) is 12.3. The summed E-state index contributed by atoms with van der Waals surface area (Å²) >= 11 is 0. The molecule has 0 bridgehead atoms. The van der Waals surface area contributed by atoms with E-state index in [1.807, 2.05) is 0 Å². The molecule has 8 atom stereocenters. The number of hydrogen-bond acceptors (Lipinski definition) is 6. The highest BCUT2D eigenvalue weighted by Crippen LogP contribution is 2.74. The number of ether oxygens (including phenoxy) is 2. The number of carboxylic acids is 2. The van der Waals surface area contributed by atoms with Gasteiger partial charge < -0.3 is 19.7 Å². The van der Waals surface area contributed by atoms with Gasteiger partial charge in [0.2, 0.25) is 0 Å². The first-order valence-corrected chi connectivity index (χ1v) is 19.7. The van der Waals surface area contributed by atoms with Crippen LogP contribution >= 0.6 is 0 Å². The van der Waals surface area contributed by atoms with Crippen molar-refractivity contribution in [1.29, 1.82) is 0 Å². The quantitative estimate of drug-likeness (QED) is 0.269. The van der Waals surface area contributed by atoms with E-state index < -0.39 is 23.9 Å². The van der Waals surface area contributed by atoms with Crippen molar-refractivity contribution in [3.05, 3.63) is 94.1 Å². The molecule has 288 valence electrons. The largest absolute Gasteiger partial charge is 0.478 e. The Labute approximate surface area is 319 Å². The van der Waals surface area contributed by atoms with Gasteiger partial charge in [0.05, 0.1) is 28.9 Å². The second-order valence-corrected chi connectivity index (χ2v) is 19.2. The van der Waals surface area contributed by atoms with Crippen molar-refractivity contribution in [3.63, 3.8) is 0 Å². The van der Waals surface area contributed by atoms with Gasteiger partial charge in [-0.05, 0) is 121 Å². The number of fused-ring (bicyclic) bond motifs is 6. The van der Waals surface area contributed by atoms with E-state index in [0.29, 0.717) is 11.8 Å². The first-order chi connectivity index (χ1) is 25.3. The summed E-state index contributed by atoms with van der Waals surface area (Å²) in [4.78, 5) is 50.3. The Hall–Kier alpha value is -4.20. The van der Waals surface area contributed by atoms with Gasteiger partial charge in [0.25, 0.3) is 0 Å². The third-order valence-corrected chi connectivity index (χ3v) is 15.8. The smallest absolute Gasteiger partial charge is 0.339 e. The molecule has 54 heavy (non-hydrogen) atoms. The van der Waals surface area contributed by atoms with Gasteiger partial charge in [-0.15, -0.1) is 0 Å². The van der Waals surface area contributed by atoms with Gasteiger partial charge in [0.15, 0.2) is 0 Å². The predicted octanol–water partition coefficient (Wildman–Crippen LogP) is 10.2. The lowest BCUT2D eigenvalue weighted by molar-refractivity contribution is -0.183. The fourth-order valence-corrected chi connectivity index (χ4v) is 12.3. The maximum Gasteiger partial charge on any atom is 0.339 e. The van der Waals surface area contributed by atoms with E-state index in [9.17, 15) is 29.4 Å². The SMILES string of the molecule is CC1(COC(=O)c2ccccc2C(=O)O)CCC2(C)CCC3(C)C(=C2C1)C=CC1C2(C)CCC(OC(=O)c4ccccc4C(=O)O)C(C)(C)C2CCC13C. The van der Waals surface area contributed by atoms with Crippen LogP contribution in [0.25, 0.3) is 0 Å². The average Bonchev–Trinajstić information content (AvgIpc) is 3.13. The molecule has 0 heterocycles. The van der Waals surface area contributed by atoms with E-state index in [0.717, 1.165) is 57.8 Å². The molecule has 0 radical (unpaired) electrons. The number of rotatable bonds is 7. The van der Waals surface area contributed by atoms with Gasteiger partial charge in [0.1, 0.15) is 6.10 Å². The maximum absolute atomic E-state index is 13.5. The Morgan fingerprint density at radius 1 is 0.704 bits per heavy atom. The van der Waals surface area contributed by atoms with Crippen LogP contribution in [0.3, 0.4) is 0 Å². The number of carboxylic acid groups (broad SMARTS) is 2. The molecular formula is C46H56O8. The van der Waals surface area contributed by atoms with Crippen LogP contribution in [-0.2, 0) is 9.47 Å². The zero-order valence-electron chi connectivity index (χ0n) is 32.9. The van der Waals surface area contributed by atoms with E-state index in [4.69, 9.17) is 9.47 Å². The number of allylic oxidation sites excluding steroid dienone is 4. The Kier molecular flexibility index (Phi) is 9.13. The number of esters is 2. The summed E-state index contributed by atoms with van der Waals surface area (Å²) in [6, 6.07) is 12.5. The highest BCUT2D eigenvalue weighted by Gasteiger charge is 2.67. The van der Waals surface area contributed by atoms with Gasteiger partial charge >= 0.3 is 23.9 Å². The van der Waals surface area contributed by atoms with Gasteiger partial charge in [-0.2, -0.15) is 0 Å². The van der Waals surface area contributed by atoms with Crippen molar-refractivity contribution in [2.45, 2.75) is 112 Å². The Bertz CT molecular complexity index is 1970. The van der Waals surface area contributed by atoms with E-state index in [1.54, 1.807) is 24.3 Å². The summed E-state index contributed by atoms with van der Waals surface area (Å²) in [7, 11) is 0. The molecule has 2 aromatic rings. The third-order valence-electron chi connectivity index (χ3n) is 15.8. The van der Waals surface area contributed by atoms with E-state index >= 15 is 0 Å². The molecule has 0 spiro atoms. The molecule has 7 rings (SSSR count). The van der Waals surface area contributed by atoms with Crippen LogP contribution in [0.5, 0.6) is 0 Å². The molecule has 8 unspecified atom stereocenters. The molecule has 3 saturated carbocycles. The zero-order valence-corrected chi connectivity index (χ0v) is 32.9. The van der Waals surface area contributed by atoms with Crippen LogP contribution in [0.4, 0.5) is 0 Å². The van der Waals surface area contributed by atoms with Crippen molar-refractivity contribution in [1.82, 2.24) is 0 Å². The molecule has 0 aromatic heterocycles. The molecule has 0 saturated heterocycles. The molecule has 2 aromatic carbocycles. The lowest BCUT2D eigenvalue weighted by Gasteiger charge is -2.69. The van der Waals surface area contributed by atoms with Crippen molar-refractivity contribution in [2.24, 2.45) is 44.3 Å². The Morgan fingerprint density at radius 3 is 1.89 bits per heavy atom. The minimum atomic E-state index is -1.14. The Balaban J connectivity index is 1.15. The van der Waals surface area contributed by atoms with Crippen molar-refractivity contribution in [3.8, 4) is 0 Å². The molecule has 0 amide bonds. The van der Waals surface area contributed by atoms with Crippen LogP contribution in [-0.4, -0.2) is 46.8 Å². The molecule has 3 fully saturated rings. The van der Waals surface area contributed by atoms with Gasteiger partial charge in [0, 0.05) is 10.8 Å². The molecule has 2 N–H and O–H groups in total. The normalized spacial score (nSPS) is 36.5. The first kappa shape index (κ1) is 38.1. The molecular weight excluding hydrogens is 680 g/mol. The second kappa shape index (κ2) is 12.9. The van der Waals surface area contributed by atoms with Crippen LogP contribution < -0.4 is 0 Å². The van der Waals surface area contributed by atoms with E-state index in [2.05, 4.69) is 60.6 Å². The lowest BCUT2D eigenvalue weighted by Crippen LogP contribution is -2.63. The summed E-state index contributed by atoms with van der Waals surface area (Å²) in [6.45, 7) is 16.8. The molecule has 8 nitrogen and oxygen atoms in total. The van der Waals surface area contributed by atoms with Crippen LogP contribution in [0, 0.1) is 44.3 Å². The summed E-state index contributed by atoms with van der Waals surface area (Å²) in [5, 5.41) is 19.3. The summed E-state index contributed by atoms with van der Waals surface area (Å²) in [5.41, 5.74) is 2.50. The average molecular weight is 737 g/mol. The number of carbonyl (C=O) groups is 4. The van der Waals surface area contributed by atoms with Crippen molar-refractivity contribution >= 4 is 23.9 Å². The lowest BCUT2D eigenvalue weighted by atomic mass is 9.35. The van der Waals surface area contributed by atoms with Crippen LogP contribution in [0.2, 0.25) is 0 Å². The summed E-state index contributed by atoms with van der Waals surface area (Å²) < 4.78 is 12.1. The Morgan fingerprint density at radius 2 is 1.28 bits per heavy atom. The minimum Gasteiger partial charge on any atom is -0.478 e. The monoisotopic (exact) mass is 736 g/mol. The molecule has 8 heteroatoms. The van der Waals surface area contributed by atoms with E-state index in [1.165, 1.54) is 35.4 Å². The van der Waals surface area contributed by atoms with Gasteiger partial charge in [-0.1, -0.05) is 90.5 Å². The second-order valence-electron chi connectivity index (χ2n) is 19.2. The molecule has 0 aliphatic heterocycles. The topological polar surface area (TPSA) is 127 Å². The number of benzene rings is 2. The summed E-state index contributed by atoms with van der Waals surface area (Å²) in [6.07, 6.45) is 13.4. The van der Waals surface area contributed by atoms with Crippen LogP contribution in [0.15, 0.2) is 71.8 Å². The van der Waals surface area contributed by atoms with Crippen LogP contribution in [0.1, 0.15) is 148 Å². The maximum atomic E-state index is 13.5. The third kappa shape index (κ3) is 5.76. The molecule has 5 aliphatic carbocycles. The summed E-state index contributed by atoms with van der Waals surface area (Å²) in [5.74, 6) is -2.81. The van der Waals surface area contributed by atoms with Gasteiger partial charge in [-0.3, -0.25) is 0 Å². The number of hydrogen-bond donors (Lipinski definition) is 2. The highest BCUT2D eigenvalue weighted by molar-refractivity contribution is 6.03. The number of aromatic carboxylic acids is 2. The van der Waals surface area contributed by atoms with Crippen molar-refractivity contribution < 1.29 is 38.9 Å². The fraction of sp³-hybridized carbons (Fsp3) is 0.565. The predicted molar refractivity (Wildman–Crippen MR) is 205 cm³/mol. The highest BCUT2D eigenvalue weighted by atomic mass is 16.5. The first-order valence-electron chi connectivity index (χ1n) is 19.7. The minimum absolute atomic E-state index is 0.0114.